The Morgan fingerprint density at radius 2 is 2.24 bits per heavy atom. The number of thiophene rings is 1. The third-order valence-corrected chi connectivity index (χ3v) is 8.80. The van der Waals surface area contributed by atoms with Crippen LogP contribution in [0, 0.1) is 0 Å². The molecule has 4 rings (SSSR count). The van der Waals surface area contributed by atoms with E-state index < -0.39 is 9.84 Å². The van der Waals surface area contributed by atoms with Gasteiger partial charge in [-0.05, 0) is 42.1 Å². The molecule has 0 saturated carbocycles. The average molecular weight is 526 g/mol. The number of benzene rings is 1. The first-order chi connectivity index (χ1) is 15.8. The van der Waals surface area contributed by atoms with E-state index in [1.807, 2.05) is 17.5 Å². The summed E-state index contributed by atoms with van der Waals surface area (Å²) in [6.07, 6.45) is 2.10. The normalized spacial score (nSPS) is 20.8. The maximum absolute atomic E-state index is 13.2. The Morgan fingerprint density at radius 3 is 2.88 bits per heavy atom. The van der Waals surface area contributed by atoms with Gasteiger partial charge in [-0.3, -0.25) is 14.5 Å². The molecule has 1 saturated heterocycles. The summed E-state index contributed by atoms with van der Waals surface area (Å²) in [7, 11) is -1.59. The highest BCUT2D eigenvalue weighted by atomic mass is 35.5. The summed E-state index contributed by atoms with van der Waals surface area (Å²) in [4.78, 5) is 32.4. The number of halogens is 1. The van der Waals surface area contributed by atoms with E-state index >= 15 is 0 Å². The van der Waals surface area contributed by atoms with Crippen LogP contribution in [0.2, 0.25) is 5.02 Å². The molecule has 2 aromatic rings. The van der Waals surface area contributed by atoms with Crippen molar-refractivity contribution in [3.8, 4) is 5.75 Å². The fourth-order valence-electron chi connectivity index (χ4n) is 3.43. The lowest BCUT2D eigenvalue weighted by molar-refractivity contribution is -0.119. The van der Waals surface area contributed by atoms with Crippen LogP contribution in [0.25, 0.3) is 6.08 Å². The number of carbonyl (C=O) groups excluding carboxylic acids is 2. The lowest BCUT2D eigenvalue weighted by Crippen LogP contribution is -2.37. The van der Waals surface area contributed by atoms with Crippen molar-refractivity contribution in [3.63, 3.8) is 0 Å². The van der Waals surface area contributed by atoms with Crippen molar-refractivity contribution >= 4 is 73.3 Å². The van der Waals surface area contributed by atoms with E-state index in [0.717, 1.165) is 16.6 Å². The molecule has 1 aromatic carbocycles. The summed E-state index contributed by atoms with van der Waals surface area (Å²) < 4.78 is 28.4. The third kappa shape index (κ3) is 5.60. The Morgan fingerprint density at radius 1 is 1.42 bits per heavy atom. The number of aliphatic imine (C=N–C) groups is 1. The van der Waals surface area contributed by atoms with Crippen molar-refractivity contribution in [2.75, 3.05) is 29.3 Å². The number of sulfone groups is 1. The van der Waals surface area contributed by atoms with Crippen molar-refractivity contribution in [2.24, 2.45) is 4.99 Å². The second-order valence-corrected chi connectivity index (χ2v) is 11.9. The zero-order valence-electron chi connectivity index (χ0n) is 17.5. The number of anilines is 1. The summed E-state index contributed by atoms with van der Waals surface area (Å²) in [5, 5.41) is 5.32. The average Bonchev–Trinajstić information content (AvgIpc) is 3.47. The Kier molecular flexibility index (Phi) is 7.13. The molecule has 0 bridgehead atoms. The van der Waals surface area contributed by atoms with E-state index in [9.17, 15) is 18.0 Å². The summed E-state index contributed by atoms with van der Waals surface area (Å²) in [5.41, 5.74) is 0.739. The summed E-state index contributed by atoms with van der Waals surface area (Å²) in [6, 6.07) is 8.32. The van der Waals surface area contributed by atoms with Gasteiger partial charge in [-0.2, -0.15) is 0 Å². The molecule has 1 aromatic heterocycles. The van der Waals surface area contributed by atoms with Gasteiger partial charge in [-0.1, -0.05) is 29.4 Å². The Labute approximate surface area is 204 Å². The van der Waals surface area contributed by atoms with Crippen LogP contribution in [0.3, 0.4) is 0 Å². The number of hydrogen-bond donors (Lipinski definition) is 1. The lowest BCUT2D eigenvalue weighted by atomic mass is 10.2. The molecule has 12 heteroatoms. The molecule has 3 heterocycles. The molecule has 1 fully saturated rings. The molecular formula is C21H20ClN3O5S3. The van der Waals surface area contributed by atoms with Crippen molar-refractivity contribution in [1.29, 1.82) is 0 Å². The molecule has 2 amide bonds. The van der Waals surface area contributed by atoms with Gasteiger partial charge in [0.1, 0.15) is 11.4 Å². The van der Waals surface area contributed by atoms with Crippen molar-refractivity contribution in [3.05, 3.63) is 51.3 Å². The van der Waals surface area contributed by atoms with Crippen LogP contribution in [0.15, 0.2) is 46.4 Å². The van der Waals surface area contributed by atoms with E-state index in [1.165, 1.54) is 23.3 Å². The number of hydrogen-bond acceptors (Lipinski definition) is 8. The highest BCUT2D eigenvalue weighted by Gasteiger charge is 2.34. The van der Waals surface area contributed by atoms with E-state index in [1.54, 1.807) is 24.3 Å². The van der Waals surface area contributed by atoms with E-state index in [0.29, 0.717) is 28.0 Å². The molecule has 1 atom stereocenters. The van der Waals surface area contributed by atoms with E-state index in [-0.39, 0.29) is 40.8 Å². The highest BCUT2D eigenvalue weighted by Crippen LogP contribution is 2.34. The monoisotopic (exact) mass is 525 g/mol. The molecule has 174 valence electrons. The number of rotatable bonds is 6. The maximum Gasteiger partial charge on any atom is 0.283 e. The van der Waals surface area contributed by atoms with Gasteiger partial charge in [0.15, 0.2) is 15.0 Å². The molecule has 0 radical (unpaired) electrons. The minimum Gasteiger partial charge on any atom is -0.495 e. The van der Waals surface area contributed by atoms with Crippen LogP contribution >= 0.6 is 34.7 Å². The fraction of sp³-hybridized carbons (Fsp3) is 0.286. The first kappa shape index (κ1) is 23.8. The Hall–Kier alpha value is -2.34. The van der Waals surface area contributed by atoms with E-state index in [4.69, 9.17) is 16.3 Å². The topological polar surface area (TPSA) is 105 Å². The molecule has 2 aliphatic rings. The van der Waals surface area contributed by atoms with Gasteiger partial charge < -0.3 is 10.1 Å². The molecule has 33 heavy (non-hydrogen) atoms. The summed E-state index contributed by atoms with van der Waals surface area (Å²) >= 11 is 8.84. The van der Waals surface area contributed by atoms with Gasteiger partial charge >= 0.3 is 0 Å². The maximum atomic E-state index is 13.2. The highest BCUT2D eigenvalue weighted by molar-refractivity contribution is 8.14. The standard InChI is InChI=1S/C21H20ClN3O5S3/c1-30-18-5-4-14(9-16(18)22)25-20(27)17(10-15-3-2-7-31-15)24-21(25)32-11-19(26)23-13-6-8-33(28,29)12-13/h2-5,7,9-10,13H,6,8,11-12H2,1H3,(H,23,26)/b17-10+/t13-/m1/s1. The van der Waals surface area contributed by atoms with Gasteiger partial charge in [-0.15, -0.1) is 11.3 Å². The Balaban J connectivity index is 1.54. The number of carbonyl (C=O) groups is 2. The third-order valence-electron chi connectivity index (χ3n) is 4.98. The minimum atomic E-state index is -3.09. The number of nitrogens with zero attached hydrogens (tertiary/aromatic N) is 2. The number of ether oxygens (including phenoxy) is 1. The van der Waals surface area contributed by atoms with Crippen LogP contribution in [0.5, 0.6) is 5.75 Å². The molecular weight excluding hydrogens is 506 g/mol. The van der Waals surface area contributed by atoms with Gasteiger partial charge in [-0.25, -0.2) is 13.4 Å². The molecule has 1 N–H and O–H groups in total. The number of amidine groups is 1. The van der Waals surface area contributed by atoms with Crippen LogP contribution in [-0.4, -0.2) is 55.8 Å². The van der Waals surface area contributed by atoms with Crippen LogP contribution < -0.4 is 15.0 Å². The second kappa shape index (κ2) is 9.88. The number of methoxy groups -OCH3 is 1. The Bertz CT molecular complexity index is 1240. The smallest absolute Gasteiger partial charge is 0.283 e. The molecule has 8 nitrogen and oxygen atoms in total. The number of amides is 2. The quantitative estimate of drug-likeness (QED) is 0.581. The van der Waals surface area contributed by atoms with Crippen LogP contribution in [0.1, 0.15) is 11.3 Å². The lowest BCUT2D eigenvalue weighted by Gasteiger charge is -2.19. The predicted molar refractivity (Wildman–Crippen MR) is 133 cm³/mol. The van der Waals surface area contributed by atoms with Gasteiger partial charge in [0.05, 0.1) is 35.1 Å². The van der Waals surface area contributed by atoms with Gasteiger partial charge in [0, 0.05) is 10.9 Å². The molecule has 2 aliphatic heterocycles. The molecule has 0 unspecified atom stereocenters. The predicted octanol–water partition coefficient (Wildman–Crippen LogP) is 3.19. The molecule has 0 aliphatic carbocycles. The summed E-state index contributed by atoms with van der Waals surface area (Å²) in [6.45, 7) is 0. The van der Waals surface area contributed by atoms with Crippen molar-refractivity contribution in [1.82, 2.24) is 5.32 Å². The zero-order chi connectivity index (χ0) is 23.6. The molecule has 0 spiro atoms. The second-order valence-electron chi connectivity index (χ2n) is 7.35. The van der Waals surface area contributed by atoms with Gasteiger partial charge in [0.2, 0.25) is 5.91 Å². The number of nitrogens with one attached hydrogen (secondary N) is 1. The minimum absolute atomic E-state index is 0.0185. The zero-order valence-corrected chi connectivity index (χ0v) is 20.7. The SMILES string of the molecule is COc1ccc(N2C(=O)/C(=C\c3cccs3)N=C2SCC(=O)N[C@@H]2CCS(=O)(=O)C2)cc1Cl. The van der Waals surface area contributed by atoms with Crippen LogP contribution in [-0.2, 0) is 19.4 Å². The van der Waals surface area contributed by atoms with Gasteiger partial charge in [0.25, 0.3) is 5.91 Å². The van der Waals surface area contributed by atoms with Crippen molar-refractivity contribution in [2.45, 2.75) is 12.5 Å². The summed E-state index contributed by atoms with van der Waals surface area (Å²) in [5.74, 6) is -0.175. The van der Waals surface area contributed by atoms with Crippen molar-refractivity contribution < 1.29 is 22.7 Å². The number of thioether (sulfide) groups is 1. The largest absolute Gasteiger partial charge is 0.495 e. The van der Waals surface area contributed by atoms with Crippen LogP contribution in [0.4, 0.5) is 5.69 Å². The first-order valence-electron chi connectivity index (χ1n) is 9.90. The first-order valence-corrected chi connectivity index (χ1v) is 14.0. The van der Waals surface area contributed by atoms with E-state index in [2.05, 4.69) is 10.3 Å². The fourth-order valence-corrected chi connectivity index (χ4v) is 6.83.